The third kappa shape index (κ3) is 3.08. The molecule has 0 saturated heterocycles. The minimum atomic E-state index is -0.972. The molecule has 0 bridgehead atoms. The van der Waals surface area contributed by atoms with Crippen molar-refractivity contribution in [2.45, 2.75) is 19.0 Å². The summed E-state index contributed by atoms with van der Waals surface area (Å²) in [4.78, 5) is 17.7. The standard InChI is InChI=1S/C15H15F2N3O3/c16-9-3-8(4-10(17)5-9)14-19-12-6-20(2-1-13(12)23-14)15(22)11(18)7-21/h3-5,11,21H,1-2,6-7,18H2/t11-/m1/s1. The minimum absolute atomic E-state index is 0.106. The number of hydrogen-bond acceptors (Lipinski definition) is 5. The van der Waals surface area contributed by atoms with Crippen LogP contribution in [0.15, 0.2) is 22.6 Å². The van der Waals surface area contributed by atoms with Gasteiger partial charge in [0, 0.05) is 24.6 Å². The van der Waals surface area contributed by atoms with Crippen LogP contribution in [0.1, 0.15) is 11.5 Å². The van der Waals surface area contributed by atoms with Crippen LogP contribution in [0.4, 0.5) is 8.78 Å². The molecule has 1 amide bonds. The third-order valence-corrected chi connectivity index (χ3v) is 3.66. The Hall–Kier alpha value is -2.32. The van der Waals surface area contributed by atoms with E-state index in [1.807, 2.05) is 0 Å². The Kier molecular flexibility index (Phi) is 4.10. The van der Waals surface area contributed by atoms with Crippen LogP contribution in [-0.2, 0) is 17.8 Å². The largest absolute Gasteiger partial charge is 0.441 e. The summed E-state index contributed by atoms with van der Waals surface area (Å²) in [6.45, 7) is 0.129. The maximum atomic E-state index is 13.3. The van der Waals surface area contributed by atoms with Crippen LogP contribution in [0, 0.1) is 11.6 Å². The highest BCUT2D eigenvalue weighted by Crippen LogP contribution is 2.27. The number of aliphatic hydroxyl groups is 1. The molecule has 1 aromatic carbocycles. The topological polar surface area (TPSA) is 92.6 Å². The van der Waals surface area contributed by atoms with Gasteiger partial charge < -0.3 is 20.2 Å². The fourth-order valence-corrected chi connectivity index (χ4v) is 2.50. The van der Waals surface area contributed by atoms with E-state index in [1.165, 1.54) is 4.90 Å². The van der Waals surface area contributed by atoms with E-state index in [4.69, 9.17) is 15.3 Å². The van der Waals surface area contributed by atoms with E-state index in [-0.39, 0.29) is 23.9 Å². The van der Waals surface area contributed by atoms with E-state index in [2.05, 4.69) is 4.98 Å². The number of carbonyl (C=O) groups is 1. The Morgan fingerprint density at radius 1 is 1.39 bits per heavy atom. The minimum Gasteiger partial charge on any atom is -0.441 e. The monoisotopic (exact) mass is 323 g/mol. The maximum absolute atomic E-state index is 13.3. The summed E-state index contributed by atoms with van der Waals surface area (Å²) in [5, 5.41) is 8.96. The first-order valence-corrected chi connectivity index (χ1v) is 7.08. The molecule has 1 aliphatic rings. The Morgan fingerprint density at radius 3 is 2.74 bits per heavy atom. The number of hydrogen-bond donors (Lipinski definition) is 2. The smallest absolute Gasteiger partial charge is 0.242 e. The maximum Gasteiger partial charge on any atom is 0.242 e. The summed E-state index contributed by atoms with van der Waals surface area (Å²) in [5.74, 6) is -1.14. The normalized spacial score (nSPS) is 15.4. The molecule has 122 valence electrons. The summed E-state index contributed by atoms with van der Waals surface area (Å²) < 4.78 is 32.1. The molecule has 0 unspecified atom stereocenters. The van der Waals surface area contributed by atoms with Crippen LogP contribution in [-0.4, -0.2) is 40.1 Å². The third-order valence-electron chi connectivity index (χ3n) is 3.66. The van der Waals surface area contributed by atoms with Crippen molar-refractivity contribution >= 4 is 5.91 Å². The highest BCUT2D eigenvalue weighted by Gasteiger charge is 2.28. The average molecular weight is 323 g/mol. The van der Waals surface area contributed by atoms with Crippen LogP contribution in [0.3, 0.4) is 0 Å². The van der Waals surface area contributed by atoms with E-state index in [0.717, 1.165) is 18.2 Å². The van der Waals surface area contributed by atoms with Gasteiger partial charge in [-0.15, -0.1) is 0 Å². The van der Waals surface area contributed by atoms with Gasteiger partial charge in [0.05, 0.1) is 13.2 Å². The van der Waals surface area contributed by atoms with Gasteiger partial charge in [0.15, 0.2) is 0 Å². The fourth-order valence-electron chi connectivity index (χ4n) is 2.50. The molecule has 3 N–H and O–H groups in total. The Bertz CT molecular complexity index is 727. The van der Waals surface area contributed by atoms with Gasteiger partial charge in [-0.05, 0) is 12.1 Å². The van der Waals surface area contributed by atoms with Gasteiger partial charge in [-0.1, -0.05) is 0 Å². The van der Waals surface area contributed by atoms with Crippen LogP contribution in [0.5, 0.6) is 0 Å². The molecule has 0 radical (unpaired) electrons. The van der Waals surface area contributed by atoms with Crippen molar-refractivity contribution < 1.29 is 23.1 Å². The summed E-state index contributed by atoms with van der Waals surface area (Å²) >= 11 is 0. The zero-order valence-corrected chi connectivity index (χ0v) is 12.1. The number of benzene rings is 1. The molecule has 2 aromatic rings. The Morgan fingerprint density at radius 2 is 2.09 bits per heavy atom. The number of aliphatic hydroxyl groups excluding tert-OH is 1. The molecule has 23 heavy (non-hydrogen) atoms. The number of carbonyl (C=O) groups excluding carboxylic acids is 1. The van der Waals surface area contributed by atoms with E-state index < -0.39 is 24.3 Å². The number of halogens is 2. The predicted molar refractivity (Wildman–Crippen MR) is 76.0 cm³/mol. The van der Waals surface area contributed by atoms with Crippen LogP contribution >= 0.6 is 0 Å². The van der Waals surface area contributed by atoms with Gasteiger partial charge in [-0.2, -0.15) is 0 Å². The van der Waals surface area contributed by atoms with Crippen molar-refractivity contribution in [3.8, 4) is 11.5 Å². The molecular weight excluding hydrogens is 308 g/mol. The SMILES string of the molecule is N[C@H](CO)C(=O)N1CCc2oc(-c3cc(F)cc(F)c3)nc2C1. The lowest BCUT2D eigenvalue weighted by Crippen LogP contribution is -2.47. The second-order valence-electron chi connectivity index (χ2n) is 5.35. The molecule has 1 aliphatic heterocycles. The second-order valence-corrected chi connectivity index (χ2v) is 5.35. The molecule has 1 aromatic heterocycles. The molecule has 2 heterocycles. The van der Waals surface area contributed by atoms with Crippen LogP contribution in [0.25, 0.3) is 11.5 Å². The van der Waals surface area contributed by atoms with Crippen LogP contribution < -0.4 is 5.73 Å². The summed E-state index contributed by atoms with van der Waals surface area (Å²) in [7, 11) is 0. The summed E-state index contributed by atoms with van der Waals surface area (Å²) in [6, 6.07) is 2.05. The number of rotatable bonds is 3. The van der Waals surface area contributed by atoms with Gasteiger partial charge in [0.25, 0.3) is 0 Å². The summed E-state index contributed by atoms with van der Waals surface area (Å²) in [6.07, 6.45) is 0.421. The van der Waals surface area contributed by atoms with Gasteiger partial charge in [-0.3, -0.25) is 4.79 Å². The number of aromatic nitrogens is 1. The first-order chi connectivity index (χ1) is 11.0. The van der Waals surface area contributed by atoms with Gasteiger partial charge >= 0.3 is 0 Å². The van der Waals surface area contributed by atoms with Crippen molar-refractivity contribution in [1.29, 1.82) is 0 Å². The molecule has 0 saturated carbocycles. The molecule has 3 rings (SSSR count). The average Bonchev–Trinajstić information content (AvgIpc) is 2.95. The molecule has 1 atom stereocenters. The van der Waals surface area contributed by atoms with Crippen molar-refractivity contribution in [1.82, 2.24) is 9.88 Å². The zero-order chi connectivity index (χ0) is 16.6. The van der Waals surface area contributed by atoms with Gasteiger partial charge in [0.1, 0.15) is 29.1 Å². The summed E-state index contributed by atoms with van der Waals surface area (Å²) in [5.41, 5.74) is 6.25. The lowest BCUT2D eigenvalue weighted by molar-refractivity contribution is -0.134. The highest BCUT2D eigenvalue weighted by atomic mass is 19.1. The van der Waals surface area contributed by atoms with Crippen LogP contribution in [0.2, 0.25) is 0 Å². The van der Waals surface area contributed by atoms with Gasteiger partial charge in [0.2, 0.25) is 11.8 Å². The van der Waals surface area contributed by atoms with Gasteiger partial charge in [-0.25, -0.2) is 13.8 Å². The van der Waals surface area contributed by atoms with Crippen molar-refractivity contribution in [3.63, 3.8) is 0 Å². The highest BCUT2D eigenvalue weighted by molar-refractivity contribution is 5.82. The lowest BCUT2D eigenvalue weighted by Gasteiger charge is -2.27. The molecule has 0 fully saturated rings. The molecule has 0 spiro atoms. The predicted octanol–water partition coefficient (Wildman–Crippen LogP) is 0.824. The van der Waals surface area contributed by atoms with E-state index >= 15 is 0 Å². The quantitative estimate of drug-likeness (QED) is 0.872. The Labute approximate surface area is 130 Å². The molecule has 6 nitrogen and oxygen atoms in total. The first-order valence-electron chi connectivity index (χ1n) is 7.08. The number of nitrogens with two attached hydrogens (primary N) is 1. The van der Waals surface area contributed by atoms with Crippen molar-refractivity contribution in [2.24, 2.45) is 5.73 Å². The van der Waals surface area contributed by atoms with Crippen molar-refractivity contribution in [2.75, 3.05) is 13.2 Å². The van der Waals surface area contributed by atoms with E-state index in [9.17, 15) is 13.6 Å². The van der Waals surface area contributed by atoms with E-state index in [1.54, 1.807) is 0 Å². The number of nitrogens with zero attached hydrogens (tertiary/aromatic N) is 2. The molecule has 8 heteroatoms. The lowest BCUT2D eigenvalue weighted by atomic mass is 10.1. The zero-order valence-electron chi connectivity index (χ0n) is 12.1. The number of amides is 1. The molecule has 0 aliphatic carbocycles. The van der Waals surface area contributed by atoms with Crippen molar-refractivity contribution in [3.05, 3.63) is 41.3 Å². The second kappa shape index (κ2) is 6.05. The molecular formula is C15H15F2N3O3. The van der Waals surface area contributed by atoms with E-state index in [0.29, 0.717) is 24.4 Å². The Balaban J connectivity index is 1.85. The number of fused-ring (bicyclic) bond motifs is 1. The first kappa shape index (κ1) is 15.6. The number of oxazole rings is 1. The fraction of sp³-hybridized carbons (Fsp3) is 0.333.